The number of carbonyl (C=O) groups excluding carboxylic acids is 2. The molecule has 0 aliphatic rings. The minimum atomic E-state index is -1.53. The van der Waals surface area contributed by atoms with Crippen LogP contribution in [0.5, 0.6) is 0 Å². The topological polar surface area (TPSA) is 108 Å². The van der Waals surface area contributed by atoms with Crippen LogP contribution in [0.1, 0.15) is 181 Å². The molecule has 0 aliphatic carbocycles. The van der Waals surface area contributed by atoms with E-state index in [0.717, 1.165) is 148 Å². The summed E-state index contributed by atoms with van der Waals surface area (Å²) in [4.78, 5) is 37.4. The van der Waals surface area contributed by atoms with Gasteiger partial charge >= 0.3 is 17.9 Å². The van der Waals surface area contributed by atoms with E-state index in [1.54, 1.807) is 0 Å². The van der Waals surface area contributed by atoms with E-state index in [0.29, 0.717) is 17.4 Å². The SMILES string of the molecule is CC/C=C\C/C=C\C/C=C\C/C=C\C/C=C\C/C=C\CCCCCCCCC(=O)OC(COC(=O)CCCCCCCC/C=C\C/C=C\C/C=C\C/C=C\CC)COC(OCC[N+](C)(C)C)C(=O)O. The number of carboxylic acids is 1. The maximum absolute atomic E-state index is 12.9. The molecule has 0 heterocycles. The van der Waals surface area contributed by atoms with Crippen LogP contribution in [-0.2, 0) is 33.3 Å². The van der Waals surface area contributed by atoms with E-state index >= 15 is 0 Å². The van der Waals surface area contributed by atoms with E-state index < -0.39 is 24.3 Å². The van der Waals surface area contributed by atoms with Crippen LogP contribution >= 0.6 is 0 Å². The first kappa shape index (κ1) is 64.7. The van der Waals surface area contributed by atoms with Gasteiger partial charge in [-0.2, -0.15) is 0 Å². The highest BCUT2D eigenvalue weighted by Gasteiger charge is 2.25. The van der Waals surface area contributed by atoms with Crippen molar-refractivity contribution in [3.8, 4) is 0 Å². The van der Waals surface area contributed by atoms with Gasteiger partial charge in [-0.05, 0) is 103 Å². The zero-order valence-electron chi connectivity index (χ0n) is 44.2. The number of quaternary nitrogens is 1. The van der Waals surface area contributed by atoms with Crippen LogP contribution in [-0.4, -0.2) is 87.4 Å². The Morgan fingerprint density at radius 2 is 0.783 bits per heavy atom. The van der Waals surface area contributed by atoms with Gasteiger partial charge in [0, 0.05) is 12.8 Å². The molecule has 69 heavy (non-hydrogen) atoms. The van der Waals surface area contributed by atoms with Gasteiger partial charge in [-0.1, -0.05) is 187 Å². The fraction of sp³-hybridized carbons (Fsp3) is 0.617. The number of carbonyl (C=O) groups is 3. The number of ether oxygens (including phenoxy) is 4. The number of rotatable bonds is 47. The average Bonchev–Trinajstić information content (AvgIpc) is 3.31. The summed E-state index contributed by atoms with van der Waals surface area (Å²) < 4.78 is 22.8. The third-order valence-electron chi connectivity index (χ3n) is 10.7. The van der Waals surface area contributed by atoms with Gasteiger partial charge in [0.15, 0.2) is 6.10 Å². The number of aliphatic carboxylic acids is 1. The summed E-state index contributed by atoms with van der Waals surface area (Å²) in [6, 6.07) is 0. The molecule has 1 N–H and O–H groups in total. The second-order valence-electron chi connectivity index (χ2n) is 18.4. The minimum Gasteiger partial charge on any atom is -0.477 e. The Morgan fingerprint density at radius 3 is 1.16 bits per heavy atom. The number of hydrogen-bond donors (Lipinski definition) is 1. The van der Waals surface area contributed by atoms with Gasteiger partial charge in [0.1, 0.15) is 13.2 Å². The van der Waals surface area contributed by atoms with Gasteiger partial charge in [-0.25, -0.2) is 4.79 Å². The van der Waals surface area contributed by atoms with E-state index in [1.807, 2.05) is 21.1 Å². The largest absolute Gasteiger partial charge is 0.477 e. The molecule has 0 saturated heterocycles. The van der Waals surface area contributed by atoms with Gasteiger partial charge in [-0.15, -0.1) is 0 Å². The molecule has 0 spiro atoms. The first-order valence-electron chi connectivity index (χ1n) is 26.7. The van der Waals surface area contributed by atoms with E-state index in [9.17, 15) is 19.5 Å². The molecule has 9 heteroatoms. The summed E-state index contributed by atoms with van der Waals surface area (Å²) in [7, 11) is 5.94. The molecule has 0 bridgehead atoms. The summed E-state index contributed by atoms with van der Waals surface area (Å²) in [6.07, 6.45) is 66.9. The lowest BCUT2D eigenvalue weighted by atomic mass is 10.1. The van der Waals surface area contributed by atoms with E-state index in [-0.39, 0.29) is 38.6 Å². The summed E-state index contributed by atoms with van der Waals surface area (Å²) in [5.74, 6) is -2.06. The van der Waals surface area contributed by atoms with Crippen molar-refractivity contribution in [3.63, 3.8) is 0 Å². The highest BCUT2D eigenvalue weighted by atomic mass is 16.7. The summed E-state index contributed by atoms with van der Waals surface area (Å²) in [6.45, 7) is 4.59. The molecule has 0 aromatic rings. The Kier molecular flexibility index (Phi) is 47.0. The van der Waals surface area contributed by atoms with Crippen molar-refractivity contribution in [1.82, 2.24) is 0 Å². The van der Waals surface area contributed by atoms with Crippen LogP contribution in [0.15, 0.2) is 122 Å². The molecular formula is C60H98NO8+. The highest BCUT2D eigenvalue weighted by Crippen LogP contribution is 2.13. The number of esters is 2. The second kappa shape index (κ2) is 50.1. The number of hydrogen-bond acceptors (Lipinski definition) is 7. The van der Waals surface area contributed by atoms with Crippen molar-refractivity contribution in [2.45, 2.75) is 193 Å². The Hall–Kier alpha value is -4.31. The molecule has 0 aliphatic heterocycles. The molecule has 2 unspecified atom stereocenters. The monoisotopic (exact) mass is 961 g/mol. The predicted molar refractivity (Wildman–Crippen MR) is 290 cm³/mol. The Labute approximate surface area is 421 Å². The lowest BCUT2D eigenvalue weighted by Gasteiger charge is -2.25. The van der Waals surface area contributed by atoms with Crippen LogP contribution in [0.4, 0.5) is 0 Å². The number of likely N-dealkylation sites (N-methyl/N-ethyl adjacent to an activating group) is 1. The maximum atomic E-state index is 12.9. The molecule has 390 valence electrons. The lowest BCUT2D eigenvalue weighted by molar-refractivity contribution is -0.870. The van der Waals surface area contributed by atoms with Crippen molar-refractivity contribution < 1.29 is 42.9 Å². The number of unbranched alkanes of at least 4 members (excludes halogenated alkanes) is 12. The molecular weight excluding hydrogens is 863 g/mol. The Balaban J connectivity index is 4.41. The maximum Gasteiger partial charge on any atom is 0.361 e. The first-order chi connectivity index (χ1) is 33.6. The first-order valence-corrected chi connectivity index (χ1v) is 26.7. The van der Waals surface area contributed by atoms with E-state index in [2.05, 4.69) is 135 Å². The third kappa shape index (κ3) is 51.4. The van der Waals surface area contributed by atoms with Crippen LogP contribution < -0.4 is 0 Å². The third-order valence-corrected chi connectivity index (χ3v) is 10.7. The molecule has 0 rings (SSSR count). The lowest BCUT2D eigenvalue weighted by Crippen LogP contribution is -2.40. The van der Waals surface area contributed by atoms with Crippen molar-refractivity contribution in [1.29, 1.82) is 0 Å². The number of allylic oxidation sites excluding steroid dienone is 20. The summed E-state index contributed by atoms with van der Waals surface area (Å²) in [5, 5.41) is 9.69. The van der Waals surface area contributed by atoms with Crippen LogP contribution in [0.25, 0.3) is 0 Å². The zero-order valence-corrected chi connectivity index (χ0v) is 44.2. The van der Waals surface area contributed by atoms with Gasteiger partial charge in [0.2, 0.25) is 0 Å². The Bertz CT molecular complexity index is 1540. The molecule has 0 fully saturated rings. The van der Waals surface area contributed by atoms with Gasteiger partial charge in [-0.3, -0.25) is 9.59 Å². The summed E-state index contributed by atoms with van der Waals surface area (Å²) in [5.41, 5.74) is 0. The highest BCUT2D eigenvalue weighted by molar-refractivity contribution is 5.71. The van der Waals surface area contributed by atoms with E-state index in [4.69, 9.17) is 18.9 Å². The molecule has 2 atom stereocenters. The Morgan fingerprint density at radius 1 is 0.435 bits per heavy atom. The standard InChI is InChI=1S/C60H97NO8/c1-6-8-10-12-14-16-18-20-22-24-26-27-28-29-30-31-33-35-37-39-41-43-45-47-49-51-58(63)69-56(55-68-60(59(64)65)66-53-52-61(3,4)5)54-67-57(62)50-48-46-44-42-40-38-36-34-32-25-23-21-19-17-15-13-11-9-7-2/h8-11,14-17,20-23,26-27,29-30,32-35,56,60H,6-7,12-13,18-19,24-25,28,31,36-55H2,1-5H3/p+1/b10-8-,11-9-,16-14-,17-15-,22-20-,23-21-,27-26-,30-29-,34-32-,35-33-. The number of nitrogens with zero attached hydrogens (tertiary/aromatic N) is 1. The number of carboxylic acid groups (broad SMARTS) is 1. The minimum absolute atomic E-state index is 0.174. The van der Waals surface area contributed by atoms with Crippen molar-refractivity contribution in [3.05, 3.63) is 122 Å². The van der Waals surface area contributed by atoms with Gasteiger partial charge in [0.25, 0.3) is 6.29 Å². The fourth-order valence-corrected chi connectivity index (χ4v) is 6.65. The smallest absolute Gasteiger partial charge is 0.361 e. The fourth-order valence-electron chi connectivity index (χ4n) is 6.65. The summed E-state index contributed by atoms with van der Waals surface area (Å²) >= 11 is 0. The van der Waals surface area contributed by atoms with Crippen LogP contribution in [0, 0.1) is 0 Å². The van der Waals surface area contributed by atoms with Crippen LogP contribution in [0.3, 0.4) is 0 Å². The van der Waals surface area contributed by atoms with Crippen molar-refractivity contribution in [2.24, 2.45) is 0 Å². The molecule has 9 nitrogen and oxygen atoms in total. The zero-order chi connectivity index (χ0) is 50.6. The molecule has 0 aromatic heterocycles. The predicted octanol–water partition coefficient (Wildman–Crippen LogP) is 15.3. The molecule has 0 saturated carbocycles. The molecule has 0 amide bonds. The average molecular weight is 961 g/mol. The van der Waals surface area contributed by atoms with Crippen LogP contribution in [0.2, 0.25) is 0 Å². The van der Waals surface area contributed by atoms with Gasteiger partial charge < -0.3 is 28.5 Å². The van der Waals surface area contributed by atoms with Crippen molar-refractivity contribution >= 4 is 17.9 Å². The quantitative estimate of drug-likeness (QED) is 0.0211. The van der Waals surface area contributed by atoms with E-state index in [1.165, 1.54) is 0 Å². The second-order valence-corrected chi connectivity index (χ2v) is 18.4. The molecule has 0 aromatic carbocycles. The normalized spacial score (nSPS) is 13.8. The van der Waals surface area contributed by atoms with Crippen molar-refractivity contribution in [2.75, 3.05) is 47.5 Å². The van der Waals surface area contributed by atoms with Gasteiger partial charge in [0.05, 0.1) is 34.4 Å². The molecule has 0 radical (unpaired) electrons.